The van der Waals surface area contributed by atoms with Crippen molar-refractivity contribution in [1.29, 1.82) is 0 Å². The van der Waals surface area contributed by atoms with Gasteiger partial charge in [-0.1, -0.05) is 66.7 Å². The Morgan fingerprint density at radius 2 is 1.47 bits per heavy atom. The molecule has 0 fully saturated rings. The number of hydrogen-bond donors (Lipinski definition) is 0. The maximum atomic E-state index is 5.65. The van der Waals surface area contributed by atoms with E-state index in [9.17, 15) is 0 Å². The SMILES string of the molecule is CCCCCCCC(CO[SiH3])(C(C)C)C(C)C. The average Bonchev–Trinajstić information content (AvgIpc) is 2.26. The third kappa shape index (κ3) is 5.56. The minimum absolute atomic E-state index is 0.411. The first kappa shape index (κ1) is 17.2. The average molecular weight is 259 g/mol. The Bertz CT molecular complexity index is 170. The van der Waals surface area contributed by atoms with Gasteiger partial charge in [0.1, 0.15) is 10.5 Å². The zero-order valence-corrected chi connectivity index (χ0v) is 15.0. The molecular formula is C15H34OSi. The Balaban J connectivity index is 4.27. The second-order valence-corrected chi connectivity index (χ2v) is 6.72. The molecule has 17 heavy (non-hydrogen) atoms. The Kier molecular flexibility index (Phi) is 9.25. The molecule has 0 heterocycles. The molecular weight excluding hydrogens is 224 g/mol. The van der Waals surface area contributed by atoms with E-state index in [1.165, 1.54) is 38.5 Å². The summed E-state index contributed by atoms with van der Waals surface area (Å²) in [7, 11) is 0.872. The maximum absolute atomic E-state index is 5.65. The predicted molar refractivity (Wildman–Crippen MR) is 81.4 cm³/mol. The van der Waals surface area contributed by atoms with E-state index in [-0.39, 0.29) is 0 Å². The van der Waals surface area contributed by atoms with E-state index in [4.69, 9.17) is 4.43 Å². The van der Waals surface area contributed by atoms with Crippen LogP contribution in [-0.4, -0.2) is 17.1 Å². The summed E-state index contributed by atoms with van der Waals surface area (Å²) in [6, 6.07) is 0. The van der Waals surface area contributed by atoms with Gasteiger partial charge < -0.3 is 4.43 Å². The van der Waals surface area contributed by atoms with Gasteiger partial charge in [0.25, 0.3) is 0 Å². The minimum Gasteiger partial charge on any atom is -0.427 e. The van der Waals surface area contributed by atoms with Crippen molar-refractivity contribution >= 4 is 10.5 Å². The normalized spacial score (nSPS) is 12.9. The minimum atomic E-state index is 0.411. The third-order valence-corrected chi connectivity index (χ3v) is 4.75. The molecule has 0 saturated heterocycles. The molecule has 0 amide bonds. The summed E-state index contributed by atoms with van der Waals surface area (Å²) < 4.78 is 5.65. The van der Waals surface area contributed by atoms with Crippen LogP contribution in [-0.2, 0) is 4.43 Å². The zero-order chi connectivity index (χ0) is 13.3. The van der Waals surface area contributed by atoms with Gasteiger partial charge in [0.15, 0.2) is 0 Å². The molecule has 0 aliphatic carbocycles. The molecule has 0 aliphatic rings. The standard InChI is InChI=1S/C15H34OSi/c1-6-7-8-9-10-11-15(12-16-17,13(2)3)14(4)5/h13-14H,6-12H2,1-5,17H3. The first-order chi connectivity index (χ1) is 8.01. The second kappa shape index (κ2) is 9.15. The van der Waals surface area contributed by atoms with Crippen molar-refractivity contribution in [2.24, 2.45) is 17.3 Å². The summed E-state index contributed by atoms with van der Waals surface area (Å²) in [6.07, 6.45) is 8.26. The summed E-state index contributed by atoms with van der Waals surface area (Å²) in [4.78, 5) is 0. The van der Waals surface area contributed by atoms with Crippen molar-refractivity contribution < 1.29 is 4.43 Å². The van der Waals surface area contributed by atoms with Gasteiger partial charge in [-0.25, -0.2) is 0 Å². The highest BCUT2D eigenvalue weighted by Gasteiger charge is 2.36. The summed E-state index contributed by atoms with van der Waals surface area (Å²) in [5.74, 6) is 1.45. The molecule has 0 atom stereocenters. The zero-order valence-electron chi connectivity index (χ0n) is 13.0. The summed E-state index contributed by atoms with van der Waals surface area (Å²) in [6.45, 7) is 12.7. The van der Waals surface area contributed by atoms with Gasteiger partial charge >= 0.3 is 0 Å². The largest absolute Gasteiger partial charge is 0.427 e. The van der Waals surface area contributed by atoms with Crippen LogP contribution in [0.15, 0.2) is 0 Å². The molecule has 0 aromatic heterocycles. The summed E-state index contributed by atoms with van der Waals surface area (Å²) >= 11 is 0. The summed E-state index contributed by atoms with van der Waals surface area (Å²) in [5.41, 5.74) is 0.411. The van der Waals surface area contributed by atoms with E-state index in [0.717, 1.165) is 28.9 Å². The lowest BCUT2D eigenvalue weighted by atomic mass is 9.66. The van der Waals surface area contributed by atoms with E-state index in [0.29, 0.717) is 5.41 Å². The lowest BCUT2D eigenvalue weighted by molar-refractivity contribution is 0.0341. The second-order valence-electron chi connectivity index (χ2n) is 6.14. The molecule has 104 valence electrons. The number of hydrogen-bond acceptors (Lipinski definition) is 1. The number of unbranched alkanes of at least 4 members (excludes halogenated alkanes) is 4. The fourth-order valence-electron chi connectivity index (χ4n) is 2.98. The molecule has 2 heteroatoms. The van der Waals surface area contributed by atoms with E-state index in [1.807, 2.05) is 0 Å². The van der Waals surface area contributed by atoms with Gasteiger partial charge in [0.05, 0.1) is 0 Å². The lowest BCUT2D eigenvalue weighted by Gasteiger charge is -2.41. The molecule has 0 unspecified atom stereocenters. The molecule has 0 N–H and O–H groups in total. The van der Waals surface area contributed by atoms with E-state index < -0.39 is 0 Å². The van der Waals surface area contributed by atoms with Crippen molar-refractivity contribution in [2.45, 2.75) is 73.1 Å². The van der Waals surface area contributed by atoms with Crippen LogP contribution in [0.4, 0.5) is 0 Å². The maximum Gasteiger partial charge on any atom is 0.145 e. The van der Waals surface area contributed by atoms with Crippen molar-refractivity contribution in [2.75, 3.05) is 6.61 Å². The van der Waals surface area contributed by atoms with E-state index in [1.54, 1.807) is 0 Å². The highest BCUT2D eigenvalue weighted by molar-refractivity contribution is 5.97. The molecule has 0 rings (SSSR count). The first-order valence-electron chi connectivity index (χ1n) is 7.50. The molecule has 0 bridgehead atoms. The van der Waals surface area contributed by atoms with Crippen LogP contribution in [0.3, 0.4) is 0 Å². The van der Waals surface area contributed by atoms with Gasteiger partial charge in [-0.2, -0.15) is 0 Å². The van der Waals surface area contributed by atoms with Crippen molar-refractivity contribution in [3.05, 3.63) is 0 Å². The third-order valence-electron chi connectivity index (χ3n) is 4.46. The Morgan fingerprint density at radius 1 is 0.941 bits per heavy atom. The van der Waals surface area contributed by atoms with Crippen molar-refractivity contribution in [3.63, 3.8) is 0 Å². The Labute approximate surface area is 112 Å². The molecule has 0 radical (unpaired) electrons. The smallest absolute Gasteiger partial charge is 0.145 e. The monoisotopic (exact) mass is 258 g/mol. The van der Waals surface area contributed by atoms with Crippen LogP contribution >= 0.6 is 0 Å². The van der Waals surface area contributed by atoms with Gasteiger partial charge in [-0.15, -0.1) is 0 Å². The highest BCUT2D eigenvalue weighted by atomic mass is 28.2. The van der Waals surface area contributed by atoms with Crippen molar-refractivity contribution in [3.8, 4) is 0 Å². The van der Waals surface area contributed by atoms with Crippen LogP contribution in [0.25, 0.3) is 0 Å². The molecule has 0 aromatic carbocycles. The van der Waals surface area contributed by atoms with Crippen LogP contribution in [0.5, 0.6) is 0 Å². The van der Waals surface area contributed by atoms with Crippen molar-refractivity contribution in [1.82, 2.24) is 0 Å². The first-order valence-corrected chi connectivity index (χ1v) is 8.31. The molecule has 0 spiro atoms. The van der Waals surface area contributed by atoms with E-state index >= 15 is 0 Å². The van der Waals surface area contributed by atoms with Crippen LogP contribution in [0.2, 0.25) is 0 Å². The summed E-state index contributed by atoms with van der Waals surface area (Å²) in [5, 5.41) is 0. The quantitative estimate of drug-likeness (QED) is 0.426. The fourth-order valence-corrected chi connectivity index (χ4v) is 3.51. The molecule has 0 aliphatic heterocycles. The van der Waals surface area contributed by atoms with Gasteiger partial charge in [0, 0.05) is 6.61 Å². The molecule has 1 nitrogen and oxygen atoms in total. The Morgan fingerprint density at radius 3 is 1.88 bits per heavy atom. The highest BCUT2D eigenvalue weighted by Crippen LogP contribution is 2.41. The topological polar surface area (TPSA) is 9.23 Å². The van der Waals surface area contributed by atoms with Crippen LogP contribution in [0.1, 0.15) is 73.1 Å². The Hall–Kier alpha value is 0.177. The molecule has 0 saturated carbocycles. The van der Waals surface area contributed by atoms with Crippen LogP contribution < -0.4 is 0 Å². The number of rotatable bonds is 10. The van der Waals surface area contributed by atoms with Gasteiger partial charge in [-0.3, -0.25) is 0 Å². The fraction of sp³-hybridized carbons (Fsp3) is 1.00. The van der Waals surface area contributed by atoms with Gasteiger partial charge in [0.2, 0.25) is 0 Å². The van der Waals surface area contributed by atoms with Gasteiger partial charge in [-0.05, 0) is 23.7 Å². The molecule has 0 aromatic rings. The van der Waals surface area contributed by atoms with Crippen LogP contribution in [0, 0.1) is 17.3 Å². The predicted octanol–water partition coefficient (Wildman–Crippen LogP) is 3.94. The lowest BCUT2D eigenvalue weighted by Crippen LogP contribution is -2.37. The van der Waals surface area contributed by atoms with E-state index in [2.05, 4.69) is 34.6 Å².